The Balaban J connectivity index is 0.000000199. The Morgan fingerprint density at radius 2 is 1.85 bits per heavy atom. The van der Waals surface area contributed by atoms with Gasteiger partial charge in [0.2, 0.25) is 0 Å². The molecule has 27 heavy (non-hydrogen) atoms. The predicted molar refractivity (Wildman–Crippen MR) is 105 cm³/mol. The summed E-state index contributed by atoms with van der Waals surface area (Å²) in [4.78, 5) is 11.9. The van der Waals surface area contributed by atoms with Crippen molar-refractivity contribution in [1.29, 1.82) is 0 Å². The fraction of sp³-hybridized carbons (Fsp3) is 0.650. The number of aliphatic hydroxyl groups excluding tert-OH is 1. The van der Waals surface area contributed by atoms with E-state index in [1.165, 1.54) is 0 Å². The van der Waals surface area contributed by atoms with E-state index >= 15 is 0 Å². The van der Waals surface area contributed by atoms with Gasteiger partial charge >= 0.3 is 0 Å². The number of Topliss-reactive ketones (excluding diaryl/α,β-unsaturated/α-hetero) is 1. The van der Waals surface area contributed by atoms with Gasteiger partial charge < -0.3 is 10.4 Å². The molecule has 0 aromatic heterocycles. The number of carbonyl (C=O) groups is 1. The van der Waals surface area contributed by atoms with Gasteiger partial charge in [-0.25, -0.2) is 0 Å². The zero-order valence-corrected chi connectivity index (χ0v) is 17.3. The predicted octanol–water partition coefficient (Wildman–Crippen LogP) is 2.60. The summed E-state index contributed by atoms with van der Waals surface area (Å²) in [7, 11) is -2.23. The van der Waals surface area contributed by atoms with Gasteiger partial charge in [-0.15, -0.1) is 0 Å². The molecule has 2 aliphatic rings. The summed E-state index contributed by atoms with van der Waals surface area (Å²) >= 11 is 0. The Morgan fingerprint density at radius 3 is 2.26 bits per heavy atom. The van der Waals surface area contributed by atoms with Gasteiger partial charge in [0.05, 0.1) is 17.3 Å². The van der Waals surface area contributed by atoms with E-state index in [-0.39, 0.29) is 23.2 Å². The topological polar surface area (TPSA) is 104 Å². The molecule has 2 bridgehead atoms. The molecule has 2 aliphatic carbocycles. The number of hydrogen-bond donors (Lipinski definition) is 3. The van der Waals surface area contributed by atoms with E-state index in [9.17, 15) is 18.3 Å². The van der Waals surface area contributed by atoms with Gasteiger partial charge in [0.25, 0.3) is 10.1 Å². The van der Waals surface area contributed by atoms with Gasteiger partial charge in [-0.3, -0.25) is 9.35 Å². The molecule has 0 unspecified atom stereocenters. The van der Waals surface area contributed by atoms with Crippen LogP contribution in [0.5, 0.6) is 0 Å². The highest BCUT2D eigenvalue weighted by Gasteiger charge is 2.65. The molecule has 7 heteroatoms. The molecule has 0 aliphatic heterocycles. The van der Waals surface area contributed by atoms with Gasteiger partial charge in [0, 0.05) is 12.5 Å². The molecule has 152 valence electrons. The number of likely N-dealkylation sites (N-methyl/N-ethyl adjacent to an activating group) is 1. The number of nitrogens with one attached hydrogen (secondary N) is 1. The van der Waals surface area contributed by atoms with Gasteiger partial charge in [-0.05, 0) is 43.7 Å². The minimum atomic E-state index is -4.08. The molecule has 6 nitrogen and oxygen atoms in total. The lowest BCUT2D eigenvalue weighted by atomic mass is 9.70. The normalized spacial score (nSPS) is 28.4. The molecule has 3 rings (SSSR count). The highest BCUT2D eigenvalue weighted by atomic mass is 32.2. The van der Waals surface area contributed by atoms with Crippen LogP contribution in [0, 0.1) is 16.7 Å². The summed E-state index contributed by atoms with van der Waals surface area (Å²) < 4.78 is 31.0. The molecule has 0 spiro atoms. The average molecular weight is 398 g/mol. The van der Waals surface area contributed by atoms with Crippen LogP contribution in [-0.2, 0) is 14.9 Å². The van der Waals surface area contributed by atoms with Crippen LogP contribution in [0.25, 0.3) is 0 Å². The van der Waals surface area contributed by atoms with Crippen LogP contribution in [0.2, 0.25) is 0 Å². The second-order valence-electron chi connectivity index (χ2n) is 8.33. The van der Waals surface area contributed by atoms with Crippen LogP contribution < -0.4 is 5.32 Å². The Labute approximate surface area is 162 Å². The van der Waals surface area contributed by atoms with E-state index in [1.54, 1.807) is 0 Å². The summed E-state index contributed by atoms with van der Waals surface area (Å²) in [6.45, 7) is 5.85. The number of carbonyl (C=O) groups excluding carboxylic acids is 1. The molecule has 1 aromatic rings. The third kappa shape index (κ3) is 4.42. The average Bonchev–Trinajstić information content (AvgIpc) is 2.94. The molecule has 1 aromatic carbocycles. The first-order valence-corrected chi connectivity index (χ1v) is 10.9. The first kappa shape index (κ1) is 22.0. The van der Waals surface area contributed by atoms with Gasteiger partial charge in [0.15, 0.2) is 0 Å². The van der Waals surface area contributed by atoms with E-state index in [4.69, 9.17) is 4.55 Å². The largest absolute Gasteiger partial charge is 0.387 e. The first-order chi connectivity index (χ1) is 12.4. The number of aliphatic hydroxyl groups is 1. The summed E-state index contributed by atoms with van der Waals surface area (Å²) in [6, 6.07) is 9.76. The van der Waals surface area contributed by atoms with Crippen molar-refractivity contribution in [3.8, 4) is 0 Å². The van der Waals surface area contributed by atoms with E-state index in [0.717, 1.165) is 12.0 Å². The van der Waals surface area contributed by atoms with E-state index < -0.39 is 27.4 Å². The summed E-state index contributed by atoms with van der Waals surface area (Å²) in [6.07, 6.45) is 1.55. The van der Waals surface area contributed by atoms with Gasteiger partial charge in [0.1, 0.15) is 5.78 Å². The van der Waals surface area contributed by atoms with Crippen molar-refractivity contribution in [1.82, 2.24) is 5.32 Å². The van der Waals surface area contributed by atoms with Crippen molar-refractivity contribution in [3.05, 3.63) is 35.9 Å². The summed E-state index contributed by atoms with van der Waals surface area (Å²) in [5, 5.41) is 12.7. The summed E-state index contributed by atoms with van der Waals surface area (Å²) in [5.74, 6) is -0.101. The van der Waals surface area contributed by atoms with E-state index in [1.807, 2.05) is 58.2 Å². The Kier molecular flexibility index (Phi) is 6.52. The van der Waals surface area contributed by atoms with Crippen molar-refractivity contribution in [3.63, 3.8) is 0 Å². The highest BCUT2D eigenvalue weighted by Crippen LogP contribution is 2.64. The van der Waals surface area contributed by atoms with E-state index in [2.05, 4.69) is 5.32 Å². The second kappa shape index (κ2) is 7.99. The molecular weight excluding hydrogens is 366 g/mol. The summed E-state index contributed by atoms with van der Waals surface area (Å²) in [5.41, 5.74) is -0.162. The molecule has 4 atom stereocenters. The molecule has 0 amide bonds. The number of rotatable bonds is 5. The maximum atomic E-state index is 11.9. The van der Waals surface area contributed by atoms with Crippen LogP contribution in [-0.4, -0.2) is 42.7 Å². The lowest BCUT2D eigenvalue weighted by Crippen LogP contribution is -2.42. The number of benzene rings is 1. The molecule has 0 heterocycles. The van der Waals surface area contributed by atoms with Crippen molar-refractivity contribution in [2.45, 2.75) is 52.2 Å². The SMILES string of the molecule is CC1(C)[C@H]2CC[C@@]1(CS(=O)(=O)O)C(=O)C2.CN[C@@H](C)[C@H](O)c1ccccc1. The van der Waals surface area contributed by atoms with Crippen molar-refractivity contribution in [2.75, 3.05) is 12.8 Å². The van der Waals surface area contributed by atoms with E-state index in [0.29, 0.717) is 12.8 Å². The minimum Gasteiger partial charge on any atom is -0.387 e. The number of fused-ring (bicyclic) bond motifs is 2. The van der Waals surface area contributed by atoms with Crippen LogP contribution in [0.4, 0.5) is 0 Å². The minimum absolute atomic E-state index is 0.0152. The maximum Gasteiger partial charge on any atom is 0.265 e. The van der Waals surface area contributed by atoms with Crippen molar-refractivity contribution >= 4 is 15.9 Å². The first-order valence-electron chi connectivity index (χ1n) is 9.33. The standard InChI is InChI=1S/C10H15NO.C10H16O4S/c1-8(11-2)10(12)9-6-4-3-5-7-9;1-9(2)7-3-4-10(9,8(11)5-7)6-15(12,13)14/h3-8,10-12H,1-2H3;7H,3-6H2,1-2H3,(H,12,13,14)/t8-,10-;7-,10+/m00/s1. The quantitative estimate of drug-likeness (QED) is 0.660. The Morgan fingerprint density at radius 1 is 1.26 bits per heavy atom. The zero-order chi connectivity index (χ0) is 20.5. The molecule has 0 radical (unpaired) electrons. The lowest BCUT2D eigenvalue weighted by Gasteiger charge is -2.35. The monoisotopic (exact) mass is 397 g/mol. The maximum absolute atomic E-state index is 11.9. The third-order valence-electron chi connectivity index (χ3n) is 6.64. The highest BCUT2D eigenvalue weighted by molar-refractivity contribution is 7.85. The molecule has 3 N–H and O–H groups in total. The van der Waals surface area contributed by atoms with Crippen molar-refractivity contribution < 1.29 is 22.9 Å². The van der Waals surface area contributed by atoms with Gasteiger partial charge in [-0.2, -0.15) is 8.42 Å². The molecule has 0 saturated heterocycles. The van der Waals surface area contributed by atoms with Crippen LogP contribution >= 0.6 is 0 Å². The zero-order valence-electron chi connectivity index (χ0n) is 16.5. The fourth-order valence-electron chi connectivity index (χ4n) is 4.52. The number of ketones is 1. The third-order valence-corrected chi connectivity index (χ3v) is 7.50. The van der Waals surface area contributed by atoms with Crippen molar-refractivity contribution in [2.24, 2.45) is 16.7 Å². The van der Waals surface area contributed by atoms with Crippen LogP contribution in [0.3, 0.4) is 0 Å². The van der Waals surface area contributed by atoms with Crippen LogP contribution in [0.1, 0.15) is 51.7 Å². The lowest BCUT2D eigenvalue weighted by molar-refractivity contribution is -0.128. The second-order valence-corrected chi connectivity index (χ2v) is 9.78. The molecule has 2 saturated carbocycles. The van der Waals surface area contributed by atoms with Crippen LogP contribution in [0.15, 0.2) is 30.3 Å². The molecular formula is C20H31NO5S. The Hall–Kier alpha value is -1.28. The van der Waals surface area contributed by atoms with Gasteiger partial charge in [-0.1, -0.05) is 44.2 Å². The Bertz CT molecular complexity index is 762. The molecule has 2 fully saturated rings. The number of hydrogen-bond acceptors (Lipinski definition) is 5. The smallest absolute Gasteiger partial charge is 0.265 e. The fourth-order valence-corrected chi connectivity index (χ4v) is 5.82.